The van der Waals surface area contributed by atoms with Crippen LogP contribution in [0.4, 0.5) is 11.4 Å². The fraction of sp³-hybridized carbons (Fsp3) is 0.150. The fourth-order valence-electron chi connectivity index (χ4n) is 3.13. The predicted molar refractivity (Wildman–Crippen MR) is 97.3 cm³/mol. The highest BCUT2D eigenvalue weighted by molar-refractivity contribution is 6.07. The highest BCUT2D eigenvalue weighted by Gasteiger charge is 2.24. The molecule has 4 rings (SSSR count). The van der Waals surface area contributed by atoms with Gasteiger partial charge in [0.1, 0.15) is 0 Å². The van der Waals surface area contributed by atoms with Crippen molar-refractivity contribution in [2.75, 3.05) is 16.8 Å². The van der Waals surface area contributed by atoms with Crippen LogP contribution in [0.3, 0.4) is 0 Å². The van der Waals surface area contributed by atoms with E-state index in [1.165, 1.54) is 12.3 Å². The molecule has 0 radical (unpaired) electrons. The van der Waals surface area contributed by atoms with E-state index in [-0.39, 0.29) is 17.6 Å². The average Bonchev–Trinajstić information content (AvgIpc) is 3.23. The van der Waals surface area contributed by atoms with Crippen LogP contribution in [0.15, 0.2) is 65.3 Å². The fourth-order valence-corrected chi connectivity index (χ4v) is 3.13. The van der Waals surface area contributed by atoms with E-state index in [0.717, 1.165) is 24.1 Å². The van der Waals surface area contributed by atoms with Crippen molar-refractivity contribution in [3.63, 3.8) is 0 Å². The lowest BCUT2D eigenvalue weighted by molar-refractivity contribution is 0.0980. The Bertz CT molecular complexity index is 936. The van der Waals surface area contributed by atoms with Gasteiger partial charge in [0.05, 0.1) is 6.20 Å². The third-order valence-corrected chi connectivity index (χ3v) is 4.39. The minimum atomic E-state index is -0.376. The lowest BCUT2D eigenvalue weighted by atomic mass is 10.00. The number of hydrogen-bond donors (Lipinski definition) is 1. The summed E-state index contributed by atoms with van der Waals surface area (Å²) in [6.45, 7) is 0.653. The molecule has 0 spiro atoms. The zero-order valence-corrected chi connectivity index (χ0v) is 14.0. The molecule has 0 unspecified atom stereocenters. The molecule has 0 saturated carbocycles. The maximum atomic E-state index is 12.9. The van der Waals surface area contributed by atoms with Gasteiger partial charge in [-0.05, 0) is 42.7 Å². The summed E-state index contributed by atoms with van der Waals surface area (Å²) in [6.07, 6.45) is 3.24. The van der Waals surface area contributed by atoms with Crippen LogP contribution in [0.2, 0.25) is 0 Å². The SMILES string of the molecule is O=C(Nc1ccc2c(c1)N(C(=O)c1ccccc1)CCC2)c1ccno1. The van der Waals surface area contributed by atoms with Crippen LogP contribution in [0.25, 0.3) is 0 Å². The number of rotatable bonds is 3. The van der Waals surface area contributed by atoms with Gasteiger partial charge in [-0.25, -0.2) is 0 Å². The molecular formula is C20H17N3O3. The summed E-state index contributed by atoms with van der Waals surface area (Å²) in [5.74, 6) is -0.274. The second-order valence-corrected chi connectivity index (χ2v) is 6.10. The number of carbonyl (C=O) groups excluding carboxylic acids is 2. The van der Waals surface area contributed by atoms with Crippen molar-refractivity contribution < 1.29 is 14.1 Å². The summed E-state index contributed by atoms with van der Waals surface area (Å²) >= 11 is 0. The maximum absolute atomic E-state index is 12.9. The Kier molecular flexibility index (Phi) is 4.23. The van der Waals surface area contributed by atoms with Gasteiger partial charge in [0, 0.05) is 29.5 Å². The van der Waals surface area contributed by atoms with E-state index in [2.05, 4.69) is 10.5 Å². The number of benzene rings is 2. The first-order chi connectivity index (χ1) is 12.7. The van der Waals surface area contributed by atoms with Crippen molar-refractivity contribution in [3.8, 4) is 0 Å². The van der Waals surface area contributed by atoms with Crippen LogP contribution >= 0.6 is 0 Å². The van der Waals surface area contributed by atoms with Gasteiger partial charge in [0.25, 0.3) is 11.8 Å². The maximum Gasteiger partial charge on any atom is 0.294 e. The molecule has 130 valence electrons. The molecule has 0 aliphatic carbocycles. The lowest BCUT2D eigenvalue weighted by Gasteiger charge is -2.30. The first kappa shape index (κ1) is 16.1. The number of carbonyl (C=O) groups is 2. The first-order valence-corrected chi connectivity index (χ1v) is 8.44. The van der Waals surface area contributed by atoms with E-state index in [1.54, 1.807) is 4.90 Å². The molecule has 1 aromatic heterocycles. The number of amides is 2. The molecule has 0 fully saturated rings. The molecule has 6 nitrogen and oxygen atoms in total. The Morgan fingerprint density at radius 2 is 1.92 bits per heavy atom. The number of hydrogen-bond acceptors (Lipinski definition) is 4. The molecular weight excluding hydrogens is 330 g/mol. The van der Waals surface area contributed by atoms with Gasteiger partial charge in [0.15, 0.2) is 0 Å². The average molecular weight is 347 g/mol. The topological polar surface area (TPSA) is 75.4 Å². The van der Waals surface area contributed by atoms with E-state index in [9.17, 15) is 9.59 Å². The molecule has 2 heterocycles. The number of anilines is 2. The van der Waals surface area contributed by atoms with E-state index >= 15 is 0 Å². The van der Waals surface area contributed by atoms with Crippen LogP contribution in [0.5, 0.6) is 0 Å². The van der Waals surface area contributed by atoms with E-state index in [1.807, 2.05) is 48.5 Å². The minimum Gasteiger partial charge on any atom is -0.351 e. The molecule has 26 heavy (non-hydrogen) atoms. The summed E-state index contributed by atoms with van der Waals surface area (Å²) < 4.78 is 4.87. The number of fused-ring (bicyclic) bond motifs is 1. The van der Waals surface area contributed by atoms with Gasteiger partial charge in [-0.3, -0.25) is 9.59 Å². The zero-order valence-electron chi connectivity index (χ0n) is 14.0. The van der Waals surface area contributed by atoms with Crippen molar-refractivity contribution >= 4 is 23.2 Å². The van der Waals surface area contributed by atoms with Gasteiger partial charge in [0.2, 0.25) is 5.76 Å². The highest BCUT2D eigenvalue weighted by Crippen LogP contribution is 2.31. The van der Waals surface area contributed by atoms with Gasteiger partial charge in [-0.2, -0.15) is 0 Å². The molecule has 1 N–H and O–H groups in total. The van der Waals surface area contributed by atoms with Gasteiger partial charge >= 0.3 is 0 Å². The van der Waals surface area contributed by atoms with Gasteiger partial charge in [-0.15, -0.1) is 0 Å². The Hall–Kier alpha value is -3.41. The largest absolute Gasteiger partial charge is 0.351 e. The molecule has 1 aliphatic rings. The number of nitrogens with one attached hydrogen (secondary N) is 1. The normalized spacial score (nSPS) is 13.2. The third kappa shape index (κ3) is 3.09. The van der Waals surface area contributed by atoms with E-state index in [4.69, 9.17) is 4.52 Å². The minimum absolute atomic E-state index is 0.0368. The van der Waals surface area contributed by atoms with E-state index in [0.29, 0.717) is 17.8 Å². The first-order valence-electron chi connectivity index (χ1n) is 8.44. The molecule has 0 saturated heterocycles. The van der Waals surface area contributed by atoms with Crippen molar-refractivity contribution in [1.82, 2.24) is 5.16 Å². The Morgan fingerprint density at radius 1 is 1.08 bits per heavy atom. The molecule has 1 aliphatic heterocycles. The molecule has 2 amide bonds. The summed E-state index contributed by atoms with van der Waals surface area (Å²) in [7, 11) is 0. The standard InChI is InChI=1S/C20H17N3O3/c24-19(18-10-11-21-26-18)22-16-9-8-14-7-4-12-23(17(14)13-16)20(25)15-5-2-1-3-6-15/h1-3,5-6,8-11,13H,4,7,12H2,(H,22,24). The van der Waals surface area contributed by atoms with Crippen molar-refractivity contribution in [2.24, 2.45) is 0 Å². The Labute approximate surface area is 150 Å². The number of nitrogens with zero attached hydrogens (tertiary/aromatic N) is 2. The van der Waals surface area contributed by atoms with Crippen LogP contribution in [0, 0.1) is 0 Å². The second kappa shape index (κ2) is 6.84. The molecule has 0 bridgehead atoms. The van der Waals surface area contributed by atoms with Crippen molar-refractivity contribution in [2.45, 2.75) is 12.8 Å². The smallest absolute Gasteiger partial charge is 0.294 e. The third-order valence-electron chi connectivity index (χ3n) is 4.39. The quantitative estimate of drug-likeness (QED) is 0.786. The van der Waals surface area contributed by atoms with Gasteiger partial charge in [-0.1, -0.05) is 29.4 Å². The molecule has 0 atom stereocenters. The Balaban J connectivity index is 1.62. The van der Waals surface area contributed by atoms with Crippen LogP contribution in [-0.4, -0.2) is 23.5 Å². The summed E-state index contributed by atoms with van der Waals surface area (Å²) in [4.78, 5) is 26.8. The molecule has 6 heteroatoms. The van der Waals surface area contributed by atoms with Crippen molar-refractivity contribution in [3.05, 3.63) is 77.7 Å². The van der Waals surface area contributed by atoms with E-state index < -0.39 is 0 Å². The van der Waals surface area contributed by atoms with Gasteiger partial charge < -0.3 is 14.7 Å². The molecule has 3 aromatic rings. The van der Waals surface area contributed by atoms with Crippen LogP contribution in [-0.2, 0) is 6.42 Å². The lowest BCUT2D eigenvalue weighted by Crippen LogP contribution is -2.35. The molecule has 2 aromatic carbocycles. The van der Waals surface area contributed by atoms with Crippen LogP contribution < -0.4 is 10.2 Å². The Morgan fingerprint density at radius 3 is 2.69 bits per heavy atom. The zero-order chi connectivity index (χ0) is 17.9. The van der Waals surface area contributed by atoms with Crippen LogP contribution in [0.1, 0.15) is 32.9 Å². The van der Waals surface area contributed by atoms with Crippen molar-refractivity contribution in [1.29, 1.82) is 0 Å². The number of aryl methyl sites for hydroxylation is 1. The summed E-state index contributed by atoms with van der Waals surface area (Å²) in [5, 5.41) is 6.32. The monoisotopic (exact) mass is 347 g/mol. The summed E-state index contributed by atoms with van der Waals surface area (Å²) in [6, 6.07) is 16.3. The predicted octanol–water partition coefficient (Wildman–Crippen LogP) is 3.52. The summed E-state index contributed by atoms with van der Waals surface area (Å²) in [5.41, 5.74) is 3.19. The highest BCUT2D eigenvalue weighted by atomic mass is 16.5. The second-order valence-electron chi connectivity index (χ2n) is 6.10. The number of aromatic nitrogens is 1.